The summed E-state index contributed by atoms with van der Waals surface area (Å²) >= 11 is 1.10. The van der Waals surface area contributed by atoms with Gasteiger partial charge in [-0.15, -0.1) is 5.10 Å². The molecule has 0 aliphatic carbocycles. The first kappa shape index (κ1) is 17.3. The van der Waals surface area contributed by atoms with Crippen LogP contribution in [0.15, 0.2) is 6.20 Å². The minimum absolute atomic E-state index is 0.0423. The van der Waals surface area contributed by atoms with Crippen LogP contribution < -0.4 is 5.32 Å². The number of ether oxygens (including phenoxy) is 1. The molecule has 132 valence electrons. The van der Waals surface area contributed by atoms with E-state index in [9.17, 15) is 9.59 Å². The summed E-state index contributed by atoms with van der Waals surface area (Å²) in [4.78, 5) is 27.2. The Bertz CT molecular complexity index is 584. The van der Waals surface area contributed by atoms with Gasteiger partial charge in [-0.3, -0.25) is 9.59 Å². The molecule has 1 aromatic rings. The van der Waals surface area contributed by atoms with E-state index >= 15 is 0 Å². The van der Waals surface area contributed by atoms with Crippen molar-refractivity contribution in [3.8, 4) is 0 Å². The monoisotopic (exact) mass is 352 g/mol. The van der Waals surface area contributed by atoms with Crippen LogP contribution >= 0.6 is 11.5 Å². The van der Waals surface area contributed by atoms with Gasteiger partial charge in [0.1, 0.15) is 4.88 Å². The van der Waals surface area contributed by atoms with E-state index in [1.54, 1.807) is 4.90 Å². The summed E-state index contributed by atoms with van der Waals surface area (Å²) in [5, 5.41) is 6.85. The third kappa shape index (κ3) is 3.92. The van der Waals surface area contributed by atoms with Gasteiger partial charge in [0.05, 0.1) is 12.2 Å². The van der Waals surface area contributed by atoms with Crippen LogP contribution in [0.3, 0.4) is 0 Å². The summed E-state index contributed by atoms with van der Waals surface area (Å²) in [6.45, 7) is 6.78. The van der Waals surface area contributed by atoms with Gasteiger partial charge >= 0.3 is 0 Å². The first-order chi connectivity index (χ1) is 11.5. The Labute approximate surface area is 145 Å². The van der Waals surface area contributed by atoms with Crippen molar-refractivity contribution in [3.05, 3.63) is 11.1 Å². The first-order valence-corrected chi connectivity index (χ1v) is 9.17. The van der Waals surface area contributed by atoms with E-state index in [-0.39, 0.29) is 23.3 Å². The number of likely N-dealkylation sites (tertiary alicyclic amines) is 1. The molecule has 2 atom stereocenters. The molecule has 1 N–H and O–H groups in total. The molecular weight excluding hydrogens is 328 g/mol. The number of carbonyl (C=O) groups excluding carboxylic acids is 2. The highest BCUT2D eigenvalue weighted by molar-refractivity contribution is 7.07. The number of nitrogens with zero attached hydrogens (tertiary/aromatic N) is 3. The summed E-state index contributed by atoms with van der Waals surface area (Å²) in [5.41, 5.74) is -0.160. The Morgan fingerprint density at radius 1 is 1.50 bits per heavy atom. The molecule has 0 bridgehead atoms. The minimum atomic E-state index is -0.160. The van der Waals surface area contributed by atoms with Crippen molar-refractivity contribution < 1.29 is 14.3 Å². The van der Waals surface area contributed by atoms with Crippen molar-refractivity contribution in [2.24, 2.45) is 11.3 Å². The molecule has 0 aromatic carbocycles. The quantitative estimate of drug-likeness (QED) is 0.883. The number of rotatable bonds is 4. The van der Waals surface area contributed by atoms with Gasteiger partial charge in [0, 0.05) is 38.1 Å². The zero-order valence-electron chi connectivity index (χ0n) is 14.2. The highest BCUT2D eigenvalue weighted by Crippen LogP contribution is 2.31. The smallest absolute Gasteiger partial charge is 0.267 e. The van der Waals surface area contributed by atoms with E-state index in [1.807, 2.05) is 0 Å². The van der Waals surface area contributed by atoms with Gasteiger partial charge in [0.25, 0.3) is 5.91 Å². The number of amides is 2. The molecule has 0 radical (unpaired) electrons. The number of aromatic nitrogens is 2. The fourth-order valence-corrected chi connectivity index (χ4v) is 3.91. The Kier molecular flexibility index (Phi) is 5.15. The Morgan fingerprint density at radius 2 is 2.33 bits per heavy atom. The third-order valence-corrected chi connectivity index (χ3v) is 5.52. The van der Waals surface area contributed by atoms with Crippen LogP contribution in [-0.4, -0.2) is 58.6 Å². The van der Waals surface area contributed by atoms with Crippen molar-refractivity contribution in [1.29, 1.82) is 0 Å². The Morgan fingerprint density at radius 3 is 3.00 bits per heavy atom. The average molecular weight is 352 g/mol. The summed E-state index contributed by atoms with van der Waals surface area (Å²) in [5.74, 6) is 0.303. The molecular formula is C16H24N4O3S. The number of hydrogen-bond donors (Lipinski definition) is 1. The molecule has 0 saturated carbocycles. The van der Waals surface area contributed by atoms with Gasteiger partial charge < -0.3 is 15.0 Å². The molecule has 2 aliphatic heterocycles. The van der Waals surface area contributed by atoms with E-state index in [1.165, 1.54) is 6.20 Å². The van der Waals surface area contributed by atoms with Crippen LogP contribution in [0.1, 0.15) is 42.8 Å². The van der Waals surface area contributed by atoms with Crippen molar-refractivity contribution >= 4 is 23.3 Å². The van der Waals surface area contributed by atoms with Gasteiger partial charge in [-0.2, -0.15) is 0 Å². The second-order valence-electron chi connectivity index (χ2n) is 7.36. The van der Waals surface area contributed by atoms with Gasteiger partial charge in [0.15, 0.2) is 0 Å². The minimum Gasteiger partial charge on any atom is -0.381 e. The van der Waals surface area contributed by atoms with E-state index in [4.69, 9.17) is 4.74 Å². The molecule has 1 aromatic heterocycles. The summed E-state index contributed by atoms with van der Waals surface area (Å²) in [6, 6.07) is -0.0423. The van der Waals surface area contributed by atoms with Crippen molar-refractivity contribution in [1.82, 2.24) is 19.8 Å². The maximum atomic E-state index is 12.5. The molecule has 3 rings (SSSR count). The molecule has 2 fully saturated rings. The zero-order valence-corrected chi connectivity index (χ0v) is 15.0. The SMILES string of the molecule is CC1(C)CN(C(=O)c2cnns2)CC1NC(=O)CC1CCCOC1. The largest absolute Gasteiger partial charge is 0.381 e. The van der Waals surface area contributed by atoms with Gasteiger partial charge in [-0.05, 0) is 30.3 Å². The molecule has 3 heterocycles. The van der Waals surface area contributed by atoms with Crippen LogP contribution in [0.4, 0.5) is 0 Å². The number of nitrogens with one attached hydrogen (secondary N) is 1. The Balaban J connectivity index is 1.56. The second kappa shape index (κ2) is 7.14. The van der Waals surface area contributed by atoms with Crippen molar-refractivity contribution in [2.45, 2.75) is 39.2 Å². The lowest BCUT2D eigenvalue weighted by atomic mass is 9.87. The molecule has 8 heteroatoms. The van der Waals surface area contributed by atoms with Crippen LogP contribution in [-0.2, 0) is 9.53 Å². The number of hydrogen-bond acceptors (Lipinski definition) is 6. The van der Waals surface area contributed by atoms with E-state index in [2.05, 4.69) is 28.8 Å². The molecule has 2 aliphatic rings. The summed E-state index contributed by atoms with van der Waals surface area (Å²) in [7, 11) is 0. The lowest BCUT2D eigenvalue weighted by Gasteiger charge is -2.27. The maximum Gasteiger partial charge on any atom is 0.267 e. The number of carbonyl (C=O) groups is 2. The zero-order chi connectivity index (χ0) is 17.2. The van der Waals surface area contributed by atoms with Crippen LogP contribution in [0.5, 0.6) is 0 Å². The predicted octanol–water partition coefficient (Wildman–Crippen LogP) is 1.32. The predicted molar refractivity (Wildman–Crippen MR) is 89.7 cm³/mol. The standard InChI is InChI=1S/C16H24N4O3S/c1-16(2)10-20(15(22)12-7-17-19-24-12)8-13(16)18-14(21)6-11-4-3-5-23-9-11/h7,11,13H,3-6,8-10H2,1-2H3,(H,18,21). The van der Waals surface area contributed by atoms with Crippen LogP contribution in [0.2, 0.25) is 0 Å². The van der Waals surface area contributed by atoms with Crippen LogP contribution in [0.25, 0.3) is 0 Å². The summed E-state index contributed by atoms with van der Waals surface area (Å²) in [6.07, 6.45) is 4.07. The molecule has 0 spiro atoms. The van der Waals surface area contributed by atoms with E-state index in [0.717, 1.165) is 31.0 Å². The second-order valence-corrected chi connectivity index (χ2v) is 8.15. The first-order valence-electron chi connectivity index (χ1n) is 8.39. The third-order valence-electron chi connectivity index (χ3n) is 4.87. The molecule has 2 unspecified atom stereocenters. The fourth-order valence-electron chi connectivity index (χ4n) is 3.43. The van der Waals surface area contributed by atoms with Crippen molar-refractivity contribution in [2.75, 3.05) is 26.3 Å². The molecule has 7 nitrogen and oxygen atoms in total. The molecule has 2 saturated heterocycles. The van der Waals surface area contributed by atoms with Crippen molar-refractivity contribution in [3.63, 3.8) is 0 Å². The topological polar surface area (TPSA) is 84.4 Å². The lowest BCUT2D eigenvalue weighted by molar-refractivity contribution is -0.124. The van der Waals surface area contributed by atoms with Gasteiger partial charge in [-0.25, -0.2) is 0 Å². The van der Waals surface area contributed by atoms with Gasteiger partial charge in [0.2, 0.25) is 5.91 Å². The molecule has 2 amide bonds. The highest BCUT2D eigenvalue weighted by Gasteiger charge is 2.42. The lowest BCUT2D eigenvalue weighted by Crippen LogP contribution is -2.45. The van der Waals surface area contributed by atoms with Gasteiger partial charge in [-0.1, -0.05) is 18.3 Å². The highest BCUT2D eigenvalue weighted by atomic mass is 32.1. The maximum absolute atomic E-state index is 12.5. The summed E-state index contributed by atoms with van der Waals surface area (Å²) < 4.78 is 9.19. The van der Waals surface area contributed by atoms with E-state index < -0.39 is 0 Å². The average Bonchev–Trinajstić information content (AvgIpc) is 3.16. The fraction of sp³-hybridized carbons (Fsp3) is 0.750. The Hall–Kier alpha value is -1.54. The van der Waals surface area contributed by atoms with E-state index in [0.29, 0.717) is 36.9 Å². The molecule has 24 heavy (non-hydrogen) atoms. The normalized spacial score (nSPS) is 26.3. The van der Waals surface area contributed by atoms with Crippen LogP contribution in [0, 0.1) is 11.3 Å².